The van der Waals surface area contributed by atoms with Gasteiger partial charge < -0.3 is 5.43 Å². The smallest absolute Gasteiger partial charge is 0.0881 e. The van der Waals surface area contributed by atoms with E-state index in [1.807, 2.05) is 4.79 Å². The molecule has 1 aromatic rings. The summed E-state index contributed by atoms with van der Waals surface area (Å²) in [7, 11) is 0. The van der Waals surface area contributed by atoms with Crippen LogP contribution in [0.3, 0.4) is 0 Å². The molecule has 4 nitrogen and oxygen atoms in total. The lowest BCUT2D eigenvalue weighted by molar-refractivity contribution is 0.575. The van der Waals surface area contributed by atoms with Crippen LogP contribution in [0.1, 0.15) is 38.1 Å². The largest absolute Gasteiger partial charge is 0.308 e. The van der Waals surface area contributed by atoms with Crippen molar-refractivity contribution >= 4 is 0 Å². The van der Waals surface area contributed by atoms with Crippen LogP contribution in [0.4, 0.5) is 0 Å². The second-order valence-electron chi connectivity index (χ2n) is 4.36. The molecule has 1 aliphatic carbocycles. The normalized spacial score (nSPS) is 15.6. The fourth-order valence-electron chi connectivity index (χ4n) is 1.76. The Balaban J connectivity index is 2.06. The highest BCUT2D eigenvalue weighted by Gasteiger charge is 2.16. The van der Waals surface area contributed by atoms with Gasteiger partial charge in [0.05, 0.1) is 11.4 Å². The van der Waals surface area contributed by atoms with Crippen molar-refractivity contribution in [1.29, 1.82) is 0 Å². The lowest BCUT2D eigenvalue weighted by Gasteiger charge is -2.14. The molecule has 1 aliphatic rings. The van der Waals surface area contributed by atoms with Gasteiger partial charge in [0.1, 0.15) is 0 Å². The summed E-state index contributed by atoms with van der Waals surface area (Å²) < 4.78 is 0. The van der Waals surface area contributed by atoms with Gasteiger partial charge in [-0.05, 0) is 36.8 Å². The van der Waals surface area contributed by atoms with Crippen molar-refractivity contribution in [3.8, 4) is 0 Å². The van der Waals surface area contributed by atoms with E-state index in [9.17, 15) is 0 Å². The molecule has 0 radical (unpaired) electrons. The van der Waals surface area contributed by atoms with Crippen molar-refractivity contribution < 1.29 is 0 Å². The van der Waals surface area contributed by atoms with Gasteiger partial charge in [-0.15, -0.1) is 5.10 Å². The van der Waals surface area contributed by atoms with Gasteiger partial charge in [0, 0.05) is 6.54 Å². The highest BCUT2D eigenvalue weighted by molar-refractivity contribution is 5.14. The van der Waals surface area contributed by atoms with Crippen LogP contribution in [0.15, 0.2) is 0 Å². The molecule has 4 heteroatoms. The predicted octanol–water partition coefficient (Wildman–Crippen LogP) is 1.36. The minimum Gasteiger partial charge on any atom is -0.308 e. The number of rotatable bonds is 3. The molecule has 0 amide bonds. The van der Waals surface area contributed by atoms with Crippen molar-refractivity contribution in [2.24, 2.45) is 5.92 Å². The SMILES string of the molecule is CC(C)CNn1nnc2c1CCCC2. The summed E-state index contributed by atoms with van der Waals surface area (Å²) in [5, 5.41) is 8.31. The summed E-state index contributed by atoms with van der Waals surface area (Å²) >= 11 is 0. The zero-order chi connectivity index (χ0) is 9.97. The lowest BCUT2D eigenvalue weighted by atomic mass is 10.0. The number of hydrogen-bond acceptors (Lipinski definition) is 3. The highest BCUT2D eigenvalue weighted by Crippen LogP contribution is 2.17. The summed E-state index contributed by atoms with van der Waals surface area (Å²) in [6.45, 7) is 5.34. The third-order valence-corrected chi connectivity index (χ3v) is 2.57. The van der Waals surface area contributed by atoms with Crippen LogP contribution >= 0.6 is 0 Å². The highest BCUT2D eigenvalue weighted by atomic mass is 15.6. The first-order valence-electron chi connectivity index (χ1n) is 5.44. The first kappa shape index (κ1) is 9.49. The third-order valence-electron chi connectivity index (χ3n) is 2.57. The molecule has 1 heterocycles. The molecule has 0 aliphatic heterocycles. The van der Waals surface area contributed by atoms with Crippen molar-refractivity contribution in [2.45, 2.75) is 39.5 Å². The van der Waals surface area contributed by atoms with Crippen LogP contribution in [0.2, 0.25) is 0 Å². The van der Waals surface area contributed by atoms with Gasteiger partial charge in [0.25, 0.3) is 0 Å². The van der Waals surface area contributed by atoms with E-state index in [1.54, 1.807) is 0 Å². The van der Waals surface area contributed by atoms with E-state index in [4.69, 9.17) is 0 Å². The van der Waals surface area contributed by atoms with E-state index in [1.165, 1.54) is 24.2 Å². The molecule has 1 N–H and O–H groups in total. The predicted molar refractivity (Wildman–Crippen MR) is 55.7 cm³/mol. The van der Waals surface area contributed by atoms with Gasteiger partial charge in [-0.2, -0.15) is 4.79 Å². The zero-order valence-corrected chi connectivity index (χ0v) is 8.95. The van der Waals surface area contributed by atoms with Gasteiger partial charge in [-0.1, -0.05) is 13.8 Å². The molecule has 0 atom stereocenters. The first-order chi connectivity index (χ1) is 6.77. The molecule has 0 saturated heterocycles. The van der Waals surface area contributed by atoms with E-state index < -0.39 is 0 Å². The van der Waals surface area contributed by atoms with E-state index in [-0.39, 0.29) is 0 Å². The van der Waals surface area contributed by atoms with Crippen LogP contribution in [0.5, 0.6) is 0 Å². The number of aromatic nitrogens is 3. The molecule has 0 saturated carbocycles. The zero-order valence-electron chi connectivity index (χ0n) is 8.95. The summed E-state index contributed by atoms with van der Waals surface area (Å²) in [6.07, 6.45) is 4.74. The third kappa shape index (κ3) is 1.89. The number of aryl methyl sites for hydroxylation is 1. The topological polar surface area (TPSA) is 42.7 Å². The van der Waals surface area contributed by atoms with Crippen LogP contribution in [-0.2, 0) is 12.8 Å². The second-order valence-corrected chi connectivity index (χ2v) is 4.36. The Labute approximate surface area is 84.7 Å². The molecule has 0 fully saturated rings. The average molecular weight is 194 g/mol. The molecular formula is C10H18N4. The number of hydrogen-bond donors (Lipinski definition) is 1. The maximum atomic E-state index is 4.19. The molecule has 0 spiro atoms. The molecule has 14 heavy (non-hydrogen) atoms. The van der Waals surface area contributed by atoms with Crippen LogP contribution in [-0.4, -0.2) is 21.6 Å². The van der Waals surface area contributed by atoms with Gasteiger partial charge in [-0.3, -0.25) is 0 Å². The number of nitrogens with one attached hydrogen (secondary N) is 1. The monoisotopic (exact) mass is 194 g/mol. The van der Waals surface area contributed by atoms with E-state index in [0.29, 0.717) is 5.92 Å². The van der Waals surface area contributed by atoms with Crippen molar-refractivity contribution in [3.05, 3.63) is 11.4 Å². The van der Waals surface area contributed by atoms with Gasteiger partial charge in [0.2, 0.25) is 0 Å². The Kier molecular flexibility index (Phi) is 2.70. The summed E-state index contributed by atoms with van der Waals surface area (Å²) in [4.78, 5) is 1.87. The fraction of sp³-hybridized carbons (Fsp3) is 0.800. The minimum absolute atomic E-state index is 0.637. The molecular weight excluding hydrogens is 176 g/mol. The van der Waals surface area contributed by atoms with Gasteiger partial charge >= 0.3 is 0 Å². The Bertz CT molecular complexity index is 303. The van der Waals surface area contributed by atoms with Gasteiger partial charge in [-0.25, -0.2) is 0 Å². The Morgan fingerprint density at radius 1 is 1.36 bits per heavy atom. The van der Waals surface area contributed by atoms with Crippen LogP contribution in [0.25, 0.3) is 0 Å². The van der Waals surface area contributed by atoms with Crippen molar-refractivity contribution in [1.82, 2.24) is 15.1 Å². The fourth-order valence-corrected chi connectivity index (χ4v) is 1.76. The minimum atomic E-state index is 0.637. The summed E-state index contributed by atoms with van der Waals surface area (Å²) in [5.41, 5.74) is 5.77. The standard InChI is InChI=1S/C10H18N4/c1-8(2)7-11-14-10-6-4-3-5-9(10)12-13-14/h8,11H,3-7H2,1-2H3. The molecule has 2 rings (SSSR count). The first-order valence-corrected chi connectivity index (χ1v) is 5.44. The summed E-state index contributed by atoms with van der Waals surface area (Å²) in [5.74, 6) is 0.637. The van der Waals surface area contributed by atoms with Crippen LogP contribution in [0, 0.1) is 5.92 Å². The maximum absolute atomic E-state index is 4.19. The molecule has 0 unspecified atom stereocenters. The van der Waals surface area contributed by atoms with Gasteiger partial charge in [0.15, 0.2) is 0 Å². The number of nitrogens with zero attached hydrogens (tertiary/aromatic N) is 3. The molecule has 0 aromatic carbocycles. The Hall–Kier alpha value is -1.06. The average Bonchev–Trinajstić information content (AvgIpc) is 2.58. The second kappa shape index (κ2) is 3.98. The molecule has 1 aromatic heterocycles. The van der Waals surface area contributed by atoms with Crippen LogP contribution < -0.4 is 5.43 Å². The quantitative estimate of drug-likeness (QED) is 0.790. The lowest BCUT2D eigenvalue weighted by Crippen LogP contribution is -2.23. The Morgan fingerprint density at radius 3 is 2.93 bits per heavy atom. The molecule has 0 bridgehead atoms. The van der Waals surface area contributed by atoms with Crippen molar-refractivity contribution in [2.75, 3.05) is 12.0 Å². The van der Waals surface area contributed by atoms with Crippen molar-refractivity contribution in [3.63, 3.8) is 0 Å². The Morgan fingerprint density at radius 2 is 2.14 bits per heavy atom. The van der Waals surface area contributed by atoms with E-state index in [2.05, 4.69) is 29.6 Å². The number of fused-ring (bicyclic) bond motifs is 1. The van der Waals surface area contributed by atoms with E-state index >= 15 is 0 Å². The molecule has 78 valence electrons. The summed E-state index contributed by atoms with van der Waals surface area (Å²) in [6, 6.07) is 0. The maximum Gasteiger partial charge on any atom is 0.0881 e. The van der Waals surface area contributed by atoms with E-state index in [0.717, 1.165) is 19.4 Å².